The SMILES string of the molecule is CC(C)C[C@@H](CC(C)CO)NC(=O)OC(C)(C)C. The molecule has 0 radical (unpaired) electrons. The molecule has 2 atom stereocenters. The van der Waals surface area contributed by atoms with Crippen LogP contribution in [-0.2, 0) is 4.74 Å². The van der Waals surface area contributed by atoms with Crippen LogP contribution in [0, 0.1) is 11.8 Å². The highest BCUT2D eigenvalue weighted by atomic mass is 16.6. The van der Waals surface area contributed by atoms with Crippen LogP contribution in [0.25, 0.3) is 0 Å². The van der Waals surface area contributed by atoms with E-state index < -0.39 is 5.60 Å². The number of amides is 1. The molecule has 18 heavy (non-hydrogen) atoms. The van der Waals surface area contributed by atoms with E-state index in [1.165, 1.54) is 0 Å². The third-order valence-corrected chi connectivity index (χ3v) is 2.48. The molecule has 0 rings (SSSR count). The van der Waals surface area contributed by atoms with Crippen molar-refractivity contribution in [3.8, 4) is 0 Å². The van der Waals surface area contributed by atoms with Gasteiger partial charge in [-0.1, -0.05) is 20.8 Å². The smallest absolute Gasteiger partial charge is 0.407 e. The van der Waals surface area contributed by atoms with Crippen LogP contribution in [-0.4, -0.2) is 29.4 Å². The van der Waals surface area contributed by atoms with Crippen molar-refractivity contribution in [1.82, 2.24) is 5.32 Å². The lowest BCUT2D eigenvalue weighted by Gasteiger charge is -2.26. The van der Waals surface area contributed by atoms with E-state index in [0.717, 1.165) is 12.8 Å². The van der Waals surface area contributed by atoms with Gasteiger partial charge in [-0.15, -0.1) is 0 Å². The highest BCUT2D eigenvalue weighted by Gasteiger charge is 2.21. The van der Waals surface area contributed by atoms with E-state index >= 15 is 0 Å². The van der Waals surface area contributed by atoms with Crippen LogP contribution < -0.4 is 5.32 Å². The summed E-state index contributed by atoms with van der Waals surface area (Å²) >= 11 is 0. The minimum absolute atomic E-state index is 0.0574. The third kappa shape index (κ3) is 9.28. The van der Waals surface area contributed by atoms with Gasteiger partial charge in [0.2, 0.25) is 0 Å². The molecule has 108 valence electrons. The molecule has 0 aromatic carbocycles. The van der Waals surface area contributed by atoms with Crippen LogP contribution in [0.4, 0.5) is 4.79 Å². The van der Waals surface area contributed by atoms with Gasteiger partial charge in [-0.2, -0.15) is 0 Å². The Morgan fingerprint density at radius 2 is 1.78 bits per heavy atom. The lowest BCUT2D eigenvalue weighted by atomic mass is 9.95. The van der Waals surface area contributed by atoms with Crippen LogP contribution in [0.15, 0.2) is 0 Å². The summed E-state index contributed by atoms with van der Waals surface area (Å²) in [6.07, 6.45) is 1.29. The van der Waals surface area contributed by atoms with Crippen LogP contribution >= 0.6 is 0 Å². The molecule has 0 saturated carbocycles. The van der Waals surface area contributed by atoms with Crippen LogP contribution in [0.1, 0.15) is 54.4 Å². The summed E-state index contributed by atoms with van der Waals surface area (Å²) in [4.78, 5) is 11.7. The number of alkyl carbamates (subject to hydrolysis) is 1. The molecule has 0 aliphatic heterocycles. The van der Waals surface area contributed by atoms with Crippen LogP contribution in [0.2, 0.25) is 0 Å². The van der Waals surface area contributed by atoms with Gasteiger partial charge in [-0.05, 0) is 45.4 Å². The summed E-state index contributed by atoms with van der Waals surface area (Å²) in [6, 6.07) is 0.0574. The Hall–Kier alpha value is -0.770. The van der Waals surface area contributed by atoms with Crippen LogP contribution in [0.3, 0.4) is 0 Å². The van der Waals surface area contributed by atoms with Gasteiger partial charge in [0.15, 0.2) is 0 Å². The number of carbonyl (C=O) groups excluding carboxylic acids is 1. The van der Waals surface area contributed by atoms with Crippen molar-refractivity contribution in [1.29, 1.82) is 0 Å². The normalized spacial score (nSPS) is 15.3. The standard InChI is InChI=1S/C14H29NO3/c1-10(2)7-12(8-11(3)9-16)15-13(17)18-14(4,5)6/h10-12,16H,7-9H2,1-6H3,(H,15,17)/t11?,12-/m0/s1. The van der Waals surface area contributed by atoms with E-state index in [-0.39, 0.29) is 24.7 Å². The van der Waals surface area contributed by atoms with E-state index in [2.05, 4.69) is 19.2 Å². The minimum Gasteiger partial charge on any atom is -0.444 e. The first kappa shape index (κ1) is 17.2. The molecule has 0 saturated heterocycles. The highest BCUT2D eigenvalue weighted by molar-refractivity contribution is 5.68. The van der Waals surface area contributed by atoms with Gasteiger partial charge in [0.05, 0.1) is 0 Å². The summed E-state index contributed by atoms with van der Waals surface area (Å²) in [5.41, 5.74) is -0.477. The van der Waals surface area contributed by atoms with Gasteiger partial charge in [-0.3, -0.25) is 0 Å². The van der Waals surface area contributed by atoms with E-state index in [1.54, 1.807) is 0 Å². The summed E-state index contributed by atoms with van der Waals surface area (Å²) in [5.74, 6) is 0.680. The molecule has 0 aromatic heterocycles. The van der Waals surface area contributed by atoms with Gasteiger partial charge in [0.1, 0.15) is 5.60 Å². The minimum atomic E-state index is -0.477. The summed E-state index contributed by atoms with van der Waals surface area (Å²) < 4.78 is 5.25. The second-order valence-corrected chi connectivity index (χ2v) is 6.50. The molecule has 0 spiro atoms. The predicted molar refractivity (Wildman–Crippen MR) is 73.5 cm³/mol. The Balaban J connectivity index is 4.35. The predicted octanol–water partition coefficient (Wildman–Crippen LogP) is 2.94. The third-order valence-electron chi connectivity index (χ3n) is 2.48. The summed E-state index contributed by atoms with van der Waals surface area (Å²) in [6.45, 7) is 11.9. The number of hydrogen-bond acceptors (Lipinski definition) is 3. The van der Waals surface area contributed by atoms with Crippen molar-refractivity contribution < 1.29 is 14.6 Å². The van der Waals surface area contributed by atoms with Crippen molar-refractivity contribution in [2.75, 3.05) is 6.61 Å². The molecule has 2 N–H and O–H groups in total. The van der Waals surface area contributed by atoms with Crippen molar-refractivity contribution in [2.24, 2.45) is 11.8 Å². The Morgan fingerprint density at radius 3 is 2.17 bits per heavy atom. The van der Waals surface area contributed by atoms with Gasteiger partial charge >= 0.3 is 6.09 Å². The van der Waals surface area contributed by atoms with Gasteiger partial charge in [0, 0.05) is 12.6 Å². The first-order valence-electron chi connectivity index (χ1n) is 6.74. The number of hydrogen-bond donors (Lipinski definition) is 2. The maximum atomic E-state index is 11.7. The zero-order valence-electron chi connectivity index (χ0n) is 12.6. The number of aliphatic hydroxyl groups is 1. The molecular formula is C14H29NO3. The fraction of sp³-hybridized carbons (Fsp3) is 0.929. The molecule has 0 bridgehead atoms. The Kier molecular flexibility index (Phi) is 7.29. The maximum absolute atomic E-state index is 11.7. The molecule has 0 aliphatic rings. The second kappa shape index (κ2) is 7.62. The fourth-order valence-corrected chi connectivity index (χ4v) is 1.82. The van der Waals surface area contributed by atoms with Gasteiger partial charge in [0.25, 0.3) is 0 Å². The van der Waals surface area contributed by atoms with E-state index in [0.29, 0.717) is 5.92 Å². The van der Waals surface area contributed by atoms with Crippen molar-refractivity contribution in [3.63, 3.8) is 0 Å². The number of ether oxygens (including phenoxy) is 1. The van der Waals surface area contributed by atoms with Gasteiger partial charge < -0.3 is 15.2 Å². The second-order valence-electron chi connectivity index (χ2n) is 6.50. The van der Waals surface area contributed by atoms with E-state index in [4.69, 9.17) is 9.84 Å². The Labute approximate surface area is 111 Å². The topological polar surface area (TPSA) is 58.6 Å². The quantitative estimate of drug-likeness (QED) is 0.771. The van der Waals surface area contributed by atoms with Gasteiger partial charge in [-0.25, -0.2) is 4.79 Å². The number of aliphatic hydroxyl groups excluding tert-OH is 1. The highest BCUT2D eigenvalue weighted by Crippen LogP contribution is 2.15. The lowest BCUT2D eigenvalue weighted by Crippen LogP contribution is -2.40. The summed E-state index contributed by atoms with van der Waals surface area (Å²) in [7, 11) is 0. The van der Waals surface area contributed by atoms with E-state index in [1.807, 2.05) is 27.7 Å². The fourth-order valence-electron chi connectivity index (χ4n) is 1.82. The van der Waals surface area contributed by atoms with Crippen molar-refractivity contribution in [2.45, 2.75) is 66.0 Å². The molecule has 0 heterocycles. The van der Waals surface area contributed by atoms with Crippen molar-refractivity contribution in [3.05, 3.63) is 0 Å². The first-order chi connectivity index (χ1) is 8.14. The molecule has 1 unspecified atom stereocenters. The molecule has 0 fully saturated rings. The Bertz CT molecular complexity index is 246. The molecule has 0 aromatic rings. The van der Waals surface area contributed by atoms with Crippen molar-refractivity contribution >= 4 is 6.09 Å². The average molecular weight is 259 g/mol. The molecule has 1 amide bonds. The number of rotatable bonds is 6. The van der Waals surface area contributed by atoms with Crippen LogP contribution in [0.5, 0.6) is 0 Å². The molecule has 0 aliphatic carbocycles. The summed E-state index contributed by atoms with van der Waals surface area (Å²) in [5, 5.41) is 12.0. The van der Waals surface area contributed by atoms with E-state index in [9.17, 15) is 4.79 Å². The molecule has 4 heteroatoms. The molecular weight excluding hydrogens is 230 g/mol. The zero-order valence-corrected chi connectivity index (χ0v) is 12.6. The maximum Gasteiger partial charge on any atom is 0.407 e. The average Bonchev–Trinajstić information content (AvgIpc) is 2.12. The molecule has 4 nitrogen and oxygen atoms in total. The lowest BCUT2D eigenvalue weighted by molar-refractivity contribution is 0.0487. The zero-order chi connectivity index (χ0) is 14.3. The number of nitrogens with one attached hydrogen (secondary N) is 1. The first-order valence-corrected chi connectivity index (χ1v) is 6.74. The monoisotopic (exact) mass is 259 g/mol. The Morgan fingerprint density at radius 1 is 1.22 bits per heavy atom. The number of carbonyl (C=O) groups is 1. The largest absolute Gasteiger partial charge is 0.444 e.